The number of ketones is 1. The third-order valence-electron chi connectivity index (χ3n) is 2.06. The molecule has 5 heteroatoms. The molecule has 1 atom stereocenters. The molecule has 0 saturated carbocycles. The Bertz CT molecular complexity index is 369. The van der Waals surface area contributed by atoms with E-state index in [2.05, 4.69) is 21.2 Å². The first-order chi connectivity index (χ1) is 6.65. The number of rotatable bonds is 1. The van der Waals surface area contributed by atoms with Gasteiger partial charge in [0.1, 0.15) is 11.5 Å². The summed E-state index contributed by atoms with van der Waals surface area (Å²) in [6.45, 7) is 0. The summed E-state index contributed by atoms with van der Waals surface area (Å²) in [5.74, 6) is 0.323. The highest BCUT2D eigenvalue weighted by molar-refractivity contribution is 9.10. The zero-order chi connectivity index (χ0) is 10.1. The van der Waals surface area contributed by atoms with Crippen molar-refractivity contribution in [2.75, 3.05) is 0 Å². The van der Waals surface area contributed by atoms with E-state index < -0.39 is 0 Å². The molecule has 1 amide bonds. The largest absolute Gasteiger partial charge is 0.452 e. The number of piperidine rings is 1. The Labute approximate surface area is 88.8 Å². The normalized spacial score (nSPS) is 22.2. The Morgan fingerprint density at radius 2 is 2.21 bits per heavy atom. The third kappa shape index (κ3) is 1.87. The first kappa shape index (κ1) is 9.45. The predicted octanol–water partition coefficient (Wildman–Crippen LogP) is 1.56. The predicted molar refractivity (Wildman–Crippen MR) is 51.5 cm³/mol. The quantitative estimate of drug-likeness (QED) is 0.777. The van der Waals surface area contributed by atoms with Gasteiger partial charge in [-0.05, 0) is 28.1 Å². The Kier molecular flexibility index (Phi) is 2.41. The van der Waals surface area contributed by atoms with Crippen LogP contribution in [-0.4, -0.2) is 11.7 Å². The molecular weight excluding hydrogens is 250 g/mol. The van der Waals surface area contributed by atoms with E-state index in [-0.39, 0.29) is 24.2 Å². The monoisotopic (exact) mass is 257 g/mol. The molecule has 74 valence electrons. The second-order valence-electron chi connectivity index (χ2n) is 3.18. The van der Waals surface area contributed by atoms with Gasteiger partial charge in [0.25, 0.3) is 0 Å². The summed E-state index contributed by atoms with van der Waals surface area (Å²) < 4.78 is 5.87. The van der Waals surface area contributed by atoms with E-state index in [0.717, 1.165) is 0 Å². The average Bonchev–Trinajstić information content (AvgIpc) is 2.50. The maximum atomic E-state index is 11.1. The third-order valence-corrected chi connectivity index (χ3v) is 2.49. The molecule has 1 aromatic rings. The summed E-state index contributed by atoms with van der Waals surface area (Å²) in [5, 5.41) is 2.70. The summed E-state index contributed by atoms with van der Waals surface area (Å²) in [7, 11) is 0. The lowest BCUT2D eigenvalue weighted by Crippen LogP contribution is -2.36. The van der Waals surface area contributed by atoms with Crippen LogP contribution in [0.4, 0.5) is 0 Å². The molecule has 0 aliphatic carbocycles. The van der Waals surface area contributed by atoms with Crippen LogP contribution in [0, 0.1) is 0 Å². The molecule has 1 aromatic heterocycles. The van der Waals surface area contributed by atoms with Crippen LogP contribution < -0.4 is 5.32 Å². The van der Waals surface area contributed by atoms with Crippen molar-refractivity contribution in [3.05, 3.63) is 22.6 Å². The Balaban J connectivity index is 2.18. The Morgan fingerprint density at radius 3 is 2.79 bits per heavy atom. The first-order valence-corrected chi connectivity index (χ1v) is 5.01. The lowest BCUT2D eigenvalue weighted by molar-refractivity contribution is -0.132. The van der Waals surface area contributed by atoms with Crippen LogP contribution in [0.3, 0.4) is 0 Å². The highest BCUT2D eigenvalue weighted by Gasteiger charge is 2.27. The van der Waals surface area contributed by atoms with Gasteiger partial charge >= 0.3 is 0 Å². The molecule has 1 N–H and O–H groups in total. The second kappa shape index (κ2) is 3.57. The minimum atomic E-state index is -0.310. The molecule has 1 saturated heterocycles. The van der Waals surface area contributed by atoms with Crippen molar-refractivity contribution in [3.63, 3.8) is 0 Å². The average molecular weight is 258 g/mol. The van der Waals surface area contributed by atoms with E-state index in [1.165, 1.54) is 0 Å². The van der Waals surface area contributed by atoms with Gasteiger partial charge in [-0.25, -0.2) is 0 Å². The summed E-state index contributed by atoms with van der Waals surface area (Å²) in [4.78, 5) is 22.2. The molecule has 1 unspecified atom stereocenters. The zero-order valence-electron chi connectivity index (χ0n) is 7.25. The van der Waals surface area contributed by atoms with Gasteiger partial charge in [-0.15, -0.1) is 0 Å². The van der Waals surface area contributed by atoms with Crippen LogP contribution >= 0.6 is 15.9 Å². The molecule has 0 bridgehead atoms. The number of amides is 1. The maximum absolute atomic E-state index is 11.1. The number of carbonyl (C=O) groups excluding carboxylic acids is 2. The van der Waals surface area contributed by atoms with Gasteiger partial charge < -0.3 is 9.73 Å². The van der Waals surface area contributed by atoms with Crippen LogP contribution in [0.25, 0.3) is 0 Å². The maximum Gasteiger partial charge on any atom is 0.228 e. The van der Waals surface area contributed by atoms with Crippen LogP contribution in [-0.2, 0) is 9.59 Å². The highest BCUT2D eigenvalue weighted by atomic mass is 79.9. The fourth-order valence-corrected chi connectivity index (χ4v) is 1.78. The van der Waals surface area contributed by atoms with Gasteiger partial charge in [0, 0.05) is 6.42 Å². The minimum Gasteiger partial charge on any atom is -0.452 e. The van der Waals surface area contributed by atoms with E-state index in [0.29, 0.717) is 16.9 Å². The number of furan rings is 1. The van der Waals surface area contributed by atoms with Gasteiger partial charge in [-0.2, -0.15) is 0 Å². The number of Topliss-reactive ketones (excluding diaryl/α,β-unsaturated/α-hetero) is 1. The molecule has 0 spiro atoms. The summed E-state index contributed by atoms with van der Waals surface area (Å²) in [6.07, 6.45) is 0.296. The smallest absolute Gasteiger partial charge is 0.228 e. The molecule has 1 fully saturated rings. The minimum absolute atomic E-state index is 0.0155. The van der Waals surface area contributed by atoms with Gasteiger partial charge in [0.2, 0.25) is 5.91 Å². The number of nitrogens with one attached hydrogen (secondary N) is 1. The SMILES string of the molecule is O=C1CC(=O)NC(c2ccc(Br)o2)C1. The van der Waals surface area contributed by atoms with Crippen molar-refractivity contribution in [1.82, 2.24) is 5.32 Å². The number of carbonyl (C=O) groups is 2. The Hall–Kier alpha value is -1.10. The fraction of sp³-hybridized carbons (Fsp3) is 0.333. The van der Waals surface area contributed by atoms with Crippen LogP contribution in [0.1, 0.15) is 24.6 Å². The summed E-state index contributed by atoms with van der Waals surface area (Å²) >= 11 is 3.16. The summed E-state index contributed by atoms with van der Waals surface area (Å²) in [6, 6.07) is 3.17. The number of halogens is 1. The van der Waals surface area contributed by atoms with Crippen LogP contribution in [0.2, 0.25) is 0 Å². The molecule has 0 radical (unpaired) electrons. The van der Waals surface area contributed by atoms with Gasteiger partial charge in [0.15, 0.2) is 4.67 Å². The van der Waals surface area contributed by atoms with Gasteiger partial charge in [0.05, 0.1) is 12.5 Å². The van der Waals surface area contributed by atoms with E-state index in [9.17, 15) is 9.59 Å². The lowest BCUT2D eigenvalue weighted by Gasteiger charge is -2.20. The first-order valence-electron chi connectivity index (χ1n) is 4.21. The molecule has 0 aromatic carbocycles. The summed E-state index contributed by atoms with van der Waals surface area (Å²) in [5.41, 5.74) is 0. The Morgan fingerprint density at radius 1 is 1.43 bits per heavy atom. The van der Waals surface area contributed by atoms with Crippen LogP contribution in [0.5, 0.6) is 0 Å². The van der Waals surface area contributed by atoms with Crippen molar-refractivity contribution < 1.29 is 14.0 Å². The molecule has 4 nitrogen and oxygen atoms in total. The molecule has 1 aliphatic rings. The van der Waals surface area contributed by atoms with Gasteiger partial charge in [-0.1, -0.05) is 0 Å². The van der Waals surface area contributed by atoms with Crippen molar-refractivity contribution in [2.45, 2.75) is 18.9 Å². The van der Waals surface area contributed by atoms with Crippen molar-refractivity contribution in [2.24, 2.45) is 0 Å². The molecule has 2 heterocycles. The molecule has 1 aliphatic heterocycles. The van der Waals surface area contributed by atoms with Crippen molar-refractivity contribution in [1.29, 1.82) is 0 Å². The fourth-order valence-electron chi connectivity index (χ4n) is 1.46. The molecular formula is C9H8BrNO3. The highest BCUT2D eigenvalue weighted by Crippen LogP contribution is 2.25. The van der Waals surface area contributed by atoms with Crippen molar-refractivity contribution >= 4 is 27.6 Å². The number of hydrogen-bond donors (Lipinski definition) is 1. The zero-order valence-corrected chi connectivity index (χ0v) is 8.83. The van der Waals surface area contributed by atoms with E-state index in [4.69, 9.17) is 4.42 Å². The number of hydrogen-bond acceptors (Lipinski definition) is 3. The second-order valence-corrected chi connectivity index (χ2v) is 3.96. The van der Waals surface area contributed by atoms with Gasteiger partial charge in [-0.3, -0.25) is 9.59 Å². The lowest BCUT2D eigenvalue weighted by atomic mass is 10.0. The molecule has 2 rings (SSSR count). The topological polar surface area (TPSA) is 59.3 Å². The van der Waals surface area contributed by atoms with E-state index in [1.54, 1.807) is 12.1 Å². The van der Waals surface area contributed by atoms with E-state index in [1.807, 2.05) is 0 Å². The van der Waals surface area contributed by atoms with E-state index >= 15 is 0 Å². The standard InChI is InChI=1S/C9H8BrNO3/c10-8-2-1-7(14-8)6-3-5(12)4-9(13)11-6/h1-2,6H,3-4H2,(H,11,13). The molecule has 14 heavy (non-hydrogen) atoms. The van der Waals surface area contributed by atoms with Crippen LogP contribution in [0.15, 0.2) is 21.2 Å². The van der Waals surface area contributed by atoms with Crippen molar-refractivity contribution in [3.8, 4) is 0 Å².